The van der Waals surface area contributed by atoms with Crippen molar-refractivity contribution in [3.8, 4) is 0 Å². The molecule has 0 radical (unpaired) electrons. The highest BCUT2D eigenvalue weighted by Crippen LogP contribution is 2.19. The molecule has 2 heterocycles. The predicted molar refractivity (Wildman–Crippen MR) is 92.8 cm³/mol. The van der Waals surface area contributed by atoms with E-state index in [1.165, 1.54) is 0 Å². The number of piperidine rings is 1. The smallest absolute Gasteiger partial charge is 0.290 e. The Labute approximate surface area is 144 Å². The zero-order valence-corrected chi connectivity index (χ0v) is 14.6. The van der Waals surface area contributed by atoms with E-state index in [1.807, 2.05) is 24.0 Å². The van der Waals surface area contributed by atoms with Crippen LogP contribution in [0, 0.1) is 0 Å². The largest absolute Gasteiger partial charge is 0.483 e. The lowest BCUT2D eigenvalue weighted by Gasteiger charge is -2.42. The number of piperazine rings is 1. The lowest BCUT2D eigenvalue weighted by atomic mass is 10.0. The van der Waals surface area contributed by atoms with Gasteiger partial charge in [0.05, 0.1) is 6.61 Å². The van der Waals surface area contributed by atoms with Crippen molar-refractivity contribution in [1.29, 1.82) is 0 Å². The lowest BCUT2D eigenvalue weighted by molar-refractivity contribution is -0.132. The van der Waals surface area contributed by atoms with Crippen molar-refractivity contribution in [2.45, 2.75) is 32.2 Å². The van der Waals surface area contributed by atoms with E-state index in [4.69, 9.17) is 15.0 Å². The van der Waals surface area contributed by atoms with Gasteiger partial charge in [0, 0.05) is 58.3 Å². The summed E-state index contributed by atoms with van der Waals surface area (Å²) >= 11 is 0. The first-order valence-corrected chi connectivity index (χ1v) is 8.70. The topological polar surface area (TPSA) is 84.3 Å². The third kappa shape index (κ3) is 6.98. The number of carbonyl (C=O) groups excluding carboxylic acids is 1. The van der Waals surface area contributed by atoms with Gasteiger partial charge in [-0.05, 0) is 19.8 Å². The molecule has 2 aliphatic rings. The van der Waals surface area contributed by atoms with Gasteiger partial charge in [-0.15, -0.1) is 0 Å². The number of amides is 1. The van der Waals surface area contributed by atoms with Crippen LogP contribution < -0.4 is 0 Å². The Morgan fingerprint density at radius 3 is 2.21 bits per heavy atom. The summed E-state index contributed by atoms with van der Waals surface area (Å²) in [4.78, 5) is 27.3. The summed E-state index contributed by atoms with van der Waals surface area (Å²) in [5.74, 6) is 0.263. The summed E-state index contributed by atoms with van der Waals surface area (Å²) in [6.07, 6.45) is 6.62. The molecule has 2 rings (SSSR count). The molecule has 2 aliphatic heterocycles. The third-order valence-corrected chi connectivity index (χ3v) is 4.68. The average Bonchev–Trinajstić information content (AvgIpc) is 2.61. The van der Waals surface area contributed by atoms with Crippen molar-refractivity contribution in [3.05, 3.63) is 12.2 Å². The lowest BCUT2D eigenvalue weighted by Crippen LogP contribution is -2.54. The van der Waals surface area contributed by atoms with E-state index < -0.39 is 0 Å². The first-order chi connectivity index (χ1) is 11.7. The minimum absolute atomic E-state index is 0.250. The average molecular weight is 341 g/mol. The Morgan fingerprint density at radius 1 is 1.12 bits per heavy atom. The van der Waals surface area contributed by atoms with Crippen LogP contribution in [0.15, 0.2) is 12.2 Å². The maximum atomic E-state index is 12.0. The van der Waals surface area contributed by atoms with Crippen LogP contribution >= 0.6 is 0 Å². The number of likely N-dealkylation sites (tertiary alicyclic amines) is 1. The van der Waals surface area contributed by atoms with Crippen LogP contribution in [0.5, 0.6) is 0 Å². The minimum atomic E-state index is -0.250. The first kappa shape index (κ1) is 20.6. The summed E-state index contributed by atoms with van der Waals surface area (Å²) in [7, 11) is 0. The number of allylic oxidation sites excluding steroid dienone is 1. The van der Waals surface area contributed by atoms with Crippen LogP contribution in [-0.4, -0.2) is 95.8 Å². The molecule has 7 heteroatoms. The van der Waals surface area contributed by atoms with Crippen LogP contribution in [-0.2, 0) is 9.59 Å². The van der Waals surface area contributed by atoms with Gasteiger partial charge in [-0.2, -0.15) is 0 Å². The molecule has 7 nitrogen and oxygen atoms in total. The Balaban J connectivity index is 0.000000891. The van der Waals surface area contributed by atoms with Gasteiger partial charge in [-0.1, -0.05) is 12.2 Å². The zero-order chi connectivity index (χ0) is 17.8. The summed E-state index contributed by atoms with van der Waals surface area (Å²) < 4.78 is 0. The van der Waals surface area contributed by atoms with Crippen LogP contribution in [0.1, 0.15) is 26.2 Å². The van der Waals surface area contributed by atoms with Crippen molar-refractivity contribution < 1.29 is 19.8 Å². The van der Waals surface area contributed by atoms with E-state index in [2.05, 4.69) is 9.80 Å². The number of carbonyl (C=O) groups is 2. The summed E-state index contributed by atoms with van der Waals surface area (Å²) in [5.41, 5.74) is 0. The molecule has 2 saturated heterocycles. The Morgan fingerprint density at radius 2 is 1.71 bits per heavy atom. The van der Waals surface area contributed by atoms with Gasteiger partial charge >= 0.3 is 0 Å². The van der Waals surface area contributed by atoms with Gasteiger partial charge in [0.15, 0.2) is 0 Å². The second-order valence-electron chi connectivity index (χ2n) is 6.09. The number of rotatable bonds is 5. The summed E-state index contributed by atoms with van der Waals surface area (Å²) in [6.45, 7) is 8.86. The second-order valence-corrected chi connectivity index (χ2v) is 6.09. The van der Waals surface area contributed by atoms with E-state index in [0.29, 0.717) is 12.5 Å². The number of nitrogens with zero attached hydrogens (tertiary/aromatic N) is 3. The van der Waals surface area contributed by atoms with Crippen molar-refractivity contribution in [1.82, 2.24) is 14.7 Å². The van der Waals surface area contributed by atoms with E-state index in [9.17, 15) is 4.79 Å². The Bertz CT molecular complexity index is 387. The van der Waals surface area contributed by atoms with Crippen LogP contribution in [0.4, 0.5) is 0 Å². The van der Waals surface area contributed by atoms with Gasteiger partial charge in [0.25, 0.3) is 6.47 Å². The van der Waals surface area contributed by atoms with Crippen LogP contribution in [0.2, 0.25) is 0 Å². The molecule has 138 valence electrons. The molecule has 1 amide bonds. The molecule has 0 saturated carbocycles. The fraction of sp³-hybridized carbons (Fsp3) is 0.765. The van der Waals surface area contributed by atoms with Crippen LogP contribution in [0.25, 0.3) is 0 Å². The van der Waals surface area contributed by atoms with E-state index in [-0.39, 0.29) is 19.0 Å². The fourth-order valence-electron chi connectivity index (χ4n) is 3.32. The molecule has 0 unspecified atom stereocenters. The van der Waals surface area contributed by atoms with Gasteiger partial charge in [0.1, 0.15) is 0 Å². The summed E-state index contributed by atoms with van der Waals surface area (Å²) in [6, 6.07) is 0.632. The Hall–Kier alpha value is -1.44. The monoisotopic (exact) mass is 341 g/mol. The van der Waals surface area contributed by atoms with Gasteiger partial charge in [-0.3, -0.25) is 19.4 Å². The fourth-order valence-corrected chi connectivity index (χ4v) is 3.32. The van der Waals surface area contributed by atoms with E-state index in [1.54, 1.807) is 0 Å². The number of hydrogen-bond acceptors (Lipinski definition) is 5. The van der Waals surface area contributed by atoms with Crippen molar-refractivity contribution in [3.63, 3.8) is 0 Å². The predicted octanol–water partition coefficient (Wildman–Crippen LogP) is 0.254. The highest BCUT2D eigenvalue weighted by atomic mass is 16.3. The maximum absolute atomic E-state index is 12.0. The molecular weight excluding hydrogens is 310 g/mol. The van der Waals surface area contributed by atoms with Crippen molar-refractivity contribution >= 4 is 12.4 Å². The number of carboxylic acid groups (broad SMARTS) is 1. The quantitative estimate of drug-likeness (QED) is 0.551. The Kier molecular flexibility index (Phi) is 10.3. The van der Waals surface area contributed by atoms with Gasteiger partial charge < -0.3 is 15.1 Å². The van der Waals surface area contributed by atoms with Gasteiger partial charge in [-0.25, -0.2) is 0 Å². The third-order valence-electron chi connectivity index (χ3n) is 4.68. The second kappa shape index (κ2) is 12.0. The normalized spacial score (nSPS) is 20.7. The molecule has 0 bridgehead atoms. The van der Waals surface area contributed by atoms with Crippen molar-refractivity contribution in [2.24, 2.45) is 0 Å². The van der Waals surface area contributed by atoms with E-state index >= 15 is 0 Å². The molecule has 0 atom stereocenters. The van der Waals surface area contributed by atoms with Crippen LogP contribution in [0.3, 0.4) is 0 Å². The standard InChI is InChI=1S/C16H29N3O2.CH2O2/c1-2-3-4-16(21)19-7-5-15(6-8-19)18-11-9-17(10-12-18)13-14-20;2-1-3/h2-3,15,20H,4-14H2,1H3;1H,(H,2,3). The number of hydrogen-bond donors (Lipinski definition) is 2. The highest BCUT2D eigenvalue weighted by molar-refractivity contribution is 5.77. The molecule has 0 aromatic heterocycles. The molecule has 24 heavy (non-hydrogen) atoms. The zero-order valence-electron chi connectivity index (χ0n) is 14.6. The number of aliphatic hydroxyl groups is 1. The number of aliphatic hydroxyl groups excluding tert-OH is 1. The summed E-state index contributed by atoms with van der Waals surface area (Å²) in [5, 5.41) is 15.9. The molecular formula is C17H31N3O4. The minimum Gasteiger partial charge on any atom is -0.483 e. The molecule has 0 aromatic rings. The number of β-amino-alcohol motifs (C(OH)–C–C–N with tert-alkyl or cyclic N) is 1. The molecule has 2 fully saturated rings. The highest BCUT2D eigenvalue weighted by Gasteiger charge is 2.28. The first-order valence-electron chi connectivity index (χ1n) is 8.70. The van der Waals surface area contributed by atoms with Crippen molar-refractivity contribution in [2.75, 3.05) is 52.4 Å². The molecule has 0 aromatic carbocycles. The van der Waals surface area contributed by atoms with Gasteiger partial charge in [0.2, 0.25) is 5.91 Å². The molecule has 2 N–H and O–H groups in total. The molecule has 0 aliphatic carbocycles. The molecule has 0 spiro atoms. The SMILES string of the molecule is CC=CCC(=O)N1CCC(N2CCN(CCO)CC2)CC1.O=CO. The van der Waals surface area contributed by atoms with E-state index in [0.717, 1.165) is 58.7 Å². The maximum Gasteiger partial charge on any atom is 0.290 e.